The number of carbonyl (C=O) groups is 2. The van der Waals surface area contributed by atoms with Crippen molar-refractivity contribution >= 4 is 29.1 Å². The molecule has 1 saturated carbocycles. The predicted molar refractivity (Wildman–Crippen MR) is 111 cm³/mol. The van der Waals surface area contributed by atoms with Crippen LogP contribution >= 0.6 is 12.2 Å². The highest BCUT2D eigenvalue weighted by atomic mass is 32.1. The lowest BCUT2D eigenvalue weighted by molar-refractivity contribution is -0.123. The summed E-state index contributed by atoms with van der Waals surface area (Å²) in [5.41, 5.74) is 6.29. The summed E-state index contributed by atoms with van der Waals surface area (Å²) in [6.45, 7) is 5.94. The largest absolute Gasteiger partial charge is 0.358 e. The molecule has 1 aliphatic rings. The molecule has 27 heavy (non-hydrogen) atoms. The lowest BCUT2D eigenvalue weighted by atomic mass is 9.78. The molecule has 148 valence electrons. The van der Waals surface area contributed by atoms with Gasteiger partial charge in [0, 0.05) is 13.0 Å². The number of hydrazine groups is 1. The Morgan fingerprint density at radius 2 is 1.85 bits per heavy atom. The van der Waals surface area contributed by atoms with E-state index in [2.05, 4.69) is 35.3 Å². The van der Waals surface area contributed by atoms with Crippen LogP contribution in [0.4, 0.5) is 0 Å². The predicted octanol–water partition coefficient (Wildman–Crippen LogP) is 2.57. The molecule has 0 aromatic heterocycles. The minimum absolute atomic E-state index is 0.121. The van der Waals surface area contributed by atoms with Gasteiger partial charge < -0.3 is 10.6 Å². The van der Waals surface area contributed by atoms with E-state index in [0.717, 1.165) is 12.0 Å². The van der Waals surface area contributed by atoms with E-state index in [1.54, 1.807) is 0 Å². The molecule has 0 spiro atoms. The molecular weight excluding hydrogens is 360 g/mol. The zero-order chi connectivity index (χ0) is 19.8. The Labute approximate surface area is 166 Å². The van der Waals surface area contributed by atoms with Crippen molar-refractivity contribution in [1.29, 1.82) is 0 Å². The Kier molecular flexibility index (Phi) is 8.03. The van der Waals surface area contributed by atoms with Crippen molar-refractivity contribution in [1.82, 2.24) is 21.5 Å². The second-order valence-corrected chi connectivity index (χ2v) is 7.80. The molecule has 0 unspecified atom stereocenters. The van der Waals surface area contributed by atoms with E-state index in [-0.39, 0.29) is 24.3 Å². The van der Waals surface area contributed by atoms with Gasteiger partial charge in [-0.25, -0.2) is 0 Å². The molecule has 1 fully saturated rings. The number of hydrogen-bond donors (Lipinski definition) is 4. The van der Waals surface area contributed by atoms with Crippen LogP contribution in [0.2, 0.25) is 0 Å². The van der Waals surface area contributed by atoms with Gasteiger partial charge >= 0.3 is 0 Å². The molecule has 0 radical (unpaired) electrons. The Morgan fingerprint density at radius 3 is 2.52 bits per heavy atom. The van der Waals surface area contributed by atoms with Crippen molar-refractivity contribution in [2.75, 3.05) is 0 Å². The summed E-state index contributed by atoms with van der Waals surface area (Å²) in [7, 11) is 0. The number of amides is 2. The third-order valence-electron chi connectivity index (χ3n) is 5.31. The van der Waals surface area contributed by atoms with Gasteiger partial charge in [-0.2, -0.15) is 0 Å². The van der Waals surface area contributed by atoms with Gasteiger partial charge in [0.05, 0.1) is 12.5 Å². The fourth-order valence-corrected chi connectivity index (χ4v) is 3.74. The molecule has 1 aromatic rings. The number of carbonyl (C=O) groups excluding carboxylic acids is 2. The first-order valence-corrected chi connectivity index (χ1v) is 9.95. The lowest BCUT2D eigenvalue weighted by Gasteiger charge is -2.35. The summed E-state index contributed by atoms with van der Waals surface area (Å²) in [6.07, 6.45) is 3.64. The molecule has 1 aliphatic carbocycles. The summed E-state index contributed by atoms with van der Waals surface area (Å²) >= 11 is 5.32. The van der Waals surface area contributed by atoms with Crippen molar-refractivity contribution in [3.63, 3.8) is 0 Å². The van der Waals surface area contributed by atoms with Crippen molar-refractivity contribution in [2.24, 2.45) is 11.8 Å². The van der Waals surface area contributed by atoms with Crippen molar-refractivity contribution in [3.8, 4) is 0 Å². The summed E-state index contributed by atoms with van der Waals surface area (Å²) < 4.78 is 0. The standard InChI is InChI=1S/C20H30N4O2S/c1-13-8-7-11-17(14(13)2)22-20(27)24-23-19(26)12-18(21-15(3)25)16-9-5-4-6-10-16/h4-6,9-10,13-14,17-18H,7-8,11-12H2,1-3H3,(H,21,25)(H,23,26)(H2,22,24,27)/t13-,14+,17-,18-/m0/s1. The normalized spacial score (nSPS) is 23.0. The highest BCUT2D eigenvalue weighted by molar-refractivity contribution is 7.80. The van der Waals surface area contributed by atoms with Crippen molar-refractivity contribution in [2.45, 2.75) is 58.5 Å². The van der Waals surface area contributed by atoms with Crippen LogP contribution in [0.3, 0.4) is 0 Å². The molecule has 7 heteroatoms. The first-order chi connectivity index (χ1) is 12.9. The SMILES string of the molecule is CC(=O)N[C@@H](CC(=O)NNC(=S)N[C@H]1CCC[C@H](C)[C@H]1C)c1ccccc1. The molecular formula is C20H30N4O2S. The average Bonchev–Trinajstić information content (AvgIpc) is 2.64. The Hall–Kier alpha value is -2.15. The zero-order valence-corrected chi connectivity index (χ0v) is 17.1. The van der Waals surface area contributed by atoms with Crippen LogP contribution in [-0.4, -0.2) is 23.0 Å². The first-order valence-electron chi connectivity index (χ1n) is 9.54. The van der Waals surface area contributed by atoms with E-state index < -0.39 is 0 Å². The van der Waals surface area contributed by atoms with E-state index in [1.807, 2.05) is 30.3 Å². The number of thiocarbonyl (C=S) groups is 1. The maximum atomic E-state index is 12.3. The fraction of sp³-hybridized carbons (Fsp3) is 0.550. The smallest absolute Gasteiger partial charge is 0.240 e. The number of hydrogen-bond acceptors (Lipinski definition) is 3. The van der Waals surface area contributed by atoms with Crippen LogP contribution in [0.15, 0.2) is 30.3 Å². The Bertz CT molecular complexity index is 653. The lowest BCUT2D eigenvalue weighted by Crippen LogP contribution is -2.52. The quantitative estimate of drug-likeness (QED) is 0.459. The molecule has 1 aromatic carbocycles. The van der Waals surface area contributed by atoms with E-state index in [9.17, 15) is 9.59 Å². The molecule has 4 atom stereocenters. The van der Waals surface area contributed by atoms with Gasteiger partial charge in [0.1, 0.15) is 0 Å². The van der Waals surface area contributed by atoms with Crippen LogP contribution in [0, 0.1) is 11.8 Å². The number of rotatable bonds is 5. The maximum absolute atomic E-state index is 12.3. The molecule has 0 bridgehead atoms. The van der Waals surface area contributed by atoms with E-state index in [0.29, 0.717) is 23.0 Å². The Morgan fingerprint density at radius 1 is 1.15 bits per heavy atom. The molecule has 4 N–H and O–H groups in total. The highest BCUT2D eigenvalue weighted by Gasteiger charge is 2.27. The average molecular weight is 391 g/mol. The molecule has 0 aliphatic heterocycles. The van der Waals surface area contributed by atoms with Crippen LogP contribution < -0.4 is 21.5 Å². The van der Waals surface area contributed by atoms with E-state index >= 15 is 0 Å². The molecule has 2 amide bonds. The number of nitrogens with one attached hydrogen (secondary N) is 4. The van der Waals surface area contributed by atoms with E-state index in [4.69, 9.17) is 12.2 Å². The summed E-state index contributed by atoms with van der Waals surface area (Å²) in [5, 5.41) is 6.54. The van der Waals surface area contributed by atoms with Crippen LogP contribution in [0.5, 0.6) is 0 Å². The van der Waals surface area contributed by atoms with Crippen molar-refractivity contribution in [3.05, 3.63) is 35.9 Å². The minimum atomic E-state index is -0.383. The zero-order valence-electron chi connectivity index (χ0n) is 16.2. The topological polar surface area (TPSA) is 82.3 Å². The van der Waals surface area contributed by atoms with E-state index in [1.165, 1.54) is 19.8 Å². The molecule has 0 saturated heterocycles. The summed E-state index contributed by atoms with van der Waals surface area (Å²) in [5.74, 6) is 0.781. The second-order valence-electron chi connectivity index (χ2n) is 7.39. The van der Waals surface area contributed by atoms with Gasteiger partial charge in [-0.15, -0.1) is 0 Å². The van der Waals surface area contributed by atoms with Crippen LogP contribution in [-0.2, 0) is 9.59 Å². The maximum Gasteiger partial charge on any atom is 0.240 e. The first kappa shape index (κ1) is 21.2. The van der Waals surface area contributed by atoms with Gasteiger partial charge in [0.25, 0.3) is 0 Å². The van der Waals surface area contributed by atoms with Crippen LogP contribution in [0.1, 0.15) is 58.1 Å². The minimum Gasteiger partial charge on any atom is -0.358 e. The molecule has 0 heterocycles. The Balaban J connectivity index is 1.83. The summed E-state index contributed by atoms with van der Waals surface area (Å²) in [6, 6.07) is 9.37. The highest BCUT2D eigenvalue weighted by Crippen LogP contribution is 2.29. The fourth-order valence-electron chi connectivity index (χ4n) is 3.54. The van der Waals surface area contributed by atoms with Crippen molar-refractivity contribution < 1.29 is 9.59 Å². The van der Waals surface area contributed by atoms with Gasteiger partial charge in [0.15, 0.2) is 5.11 Å². The monoisotopic (exact) mass is 390 g/mol. The molecule has 6 nitrogen and oxygen atoms in total. The van der Waals surface area contributed by atoms with Gasteiger partial charge in [-0.3, -0.25) is 20.4 Å². The third-order valence-corrected chi connectivity index (χ3v) is 5.53. The third kappa shape index (κ3) is 6.82. The van der Waals surface area contributed by atoms with Crippen LogP contribution in [0.25, 0.3) is 0 Å². The van der Waals surface area contributed by atoms with Gasteiger partial charge in [-0.05, 0) is 36.0 Å². The van der Waals surface area contributed by atoms with Gasteiger partial charge in [-0.1, -0.05) is 57.0 Å². The number of benzene rings is 1. The van der Waals surface area contributed by atoms with Gasteiger partial charge in [0.2, 0.25) is 11.8 Å². The second kappa shape index (κ2) is 10.3. The molecule has 2 rings (SSSR count). The summed E-state index contributed by atoms with van der Waals surface area (Å²) in [4.78, 5) is 23.8.